The van der Waals surface area contributed by atoms with Gasteiger partial charge in [0.15, 0.2) is 5.69 Å². The number of aryl methyl sites for hydroxylation is 1. The van der Waals surface area contributed by atoms with Crippen LogP contribution in [0.1, 0.15) is 59.2 Å². The number of nitrogens with one attached hydrogen (secondary N) is 1. The van der Waals surface area contributed by atoms with Crippen molar-refractivity contribution in [3.8, 4) is 16.9 Å². The van der Waals surface area contributed by atoms with Gasteiger partial charge >= 0.3 is 0 Å². The second-order valence-corrected chi connectivity index (χ2v) is 8.99. The van der Waals surface area contributed by atoms with E-state index in [2.05, 4.69) is 15.2 Å². The zero-order valence-electron chi connectivity index (χ0n) is 19.5. The van der Waals surface area contributed by atoms with Crippen LogP contribution < -0.4 is 9.64 Å². The highest BCUT2D eigenvalue weighted by Gasteiger charge is 2.36. The van der Waals surface area contributed by atoms with Gasteiger partial charge in [-0.15, -0.1) is 0 Å². The number of aromatic amines is 1. The maximum Gasteiger partial charge on any atom is 0.275 e. The van der Waals surface area contributed by atoms with Gasteiger partial charge in [-0.2, -0.15) is 5.10 Å². The molecule has 1 N–H and O–H groups in total. The minimum Gasteiger partial charge on any atom is -0.497 e. The highest BCUT2D eigenvalue weighted by atomic mass is 16.5. The molecule has 172 valence electrons. The topological polar surface area (TPSA) is 87.2 Å². The summed E-state index contributed by atoms with van der Waals surface area (Å²) in [7, 11) is 5.52. The normalized spacial score (nSPS) is 17.7. The lowest BCUT2D eigenvalue weighted by Crippen LogP contribution is -2.32. The lowest BCUT2D eigenvalue weighted by molar-refractivity contribution is 0.0726. The number of anilines is 1. The van der Waals surface area contributed by atoms with Crippen molar-refractivity contribution >= 4 is 11.9 Å². The zero-order chi connectivity index (χ0) is 22.9. The number of nitrogens with zero attached hydrogens (tertiary/aromatic N) is 5. The van der Waals surface area contributed by atoms with E-state index < -0.39 is 0 Å². The van der Waals surface area contributed by atoms with Crippen molar-refractivity contribution in [1.82, 2.24) is 25.1 Å². The Balaban J connectivity index is 1.56. The van der Waals surface area contributed by atoms with Gasteiger partial charge in [-0.1, -0.05) is 12.1 Å². The highest BCUT2D eigenvalue weighted by molar-refractivity contribution is 5.94. The van der Waals surface area contributed by atoms with Crippen LogP contribution in [0.5, 0.6) is 5.75 Å². The third-order valence-electron chi connectivity index (χ3n) is 6.67. The highest BCUT2D eigenvalue weighted by Crippen LogP contribution is 2.39. The van der Waals surface area contributed by atoms with Gasteiger partial charge in [-0.3, -0.25) is 9.89 Å². The number of aromatic nitrogens is 4. The van der Waals surface area contributed by atoms with E-state index in [1.165, 1.54) is 0 Å². The minimum atomic E-state index is -0.128. The van der Waals surface area contributed by atoms with Gasteiger partial charge in [0.2, 0.25) is 5.95 Å². The fourth-order valence-electron chi connectivity index (χ4n) is 4.96. The molecule has 1 aliphatic heterocycles. The molecule has 1 aliphatic carbocycles. The van der Waals surface area contributed by atoms with Crippen molar-refractivity contribution in [3.63, 3.8) is 0 Å². The molecule has 0 spiro atoms. The minimum absolute atomic E-state index is 0.00138. The lowest BCUT2D eigenvalue weighted by atomic mass is 9.95. The van der Waals surface area contributed by atoms with Gasteiger partial charge in [0.05, 0.1) is 18.8 Å². The number of carbonyl (C=O) groups excluding carboxylic acids is 1. The Morgan fingerprint density at radius 1 is 1.21 bits per heavy atom. The number of methoxy groups -OCH3 is 1. The number of likely N-dealkylation sites (tertiary alicyclic amines) is 1. The standard InChI is InChI=1S/C25H30N6O2/c1-30(2)25-26-15-19(16-8-6-9-17(14-16)33-3)22(27-25)21-12-7-13-31(21)24(32)23-18-10-4-5-11-20(18)28-29-23/h6,8-9,14-15,21H,4-5,7,10-13H2,1-3H3,(H,28,29)/t21-/m0/s1. The fourth-order valence-corrected chi connectivity index (χ4v) is 4.96. The van der Waals surface area contributed by atoms with Crippen LogP contribution in [-0.4, -0.2) is 58.7 Å². The predicted molar refractivity (Wildman–Crippen MR) is 127 cm³/mol. The summed E-state index contributed by atoms with van der Waals surface area (Å²) in [6.45, 7) is 0.698. The molecule has 2 aliphatic rings. The lowest BCUT2D eigenvalue weighted by Gasteiger charge is -2.27. The molecule has 8 heteroatoms. The van der Waals surface area contributed by atoms with Crippen molar-refractivity contribution in [2.45, 2.75) is 44.6 Å². The molecule has 3 heterocycles. The van der Waals surface area contributed by atoms with Crippen molar-refractivity contribution in [3.05, 3.63) is 53.1 Å². The molecule has 0 radical (unpaired) electrons. The third kappa shape index (κ3) is 3.94. The molecule has 2 aromatic heterocycles. The van der Waals surface area contributed by atoms with Crippen LogP contribution in [0, 0.1) is 0 Å². The average Bonchev–Trinajstić information content (AvgIpc) is 3.51. The van der Waals surface area contributed by atoms with Gasteiger partial charge in [0.25, 0.3) is 5.91 Å². The van der Waals surface area contributed by atoms with Crippen molar-refractivity contribution in [2.75, 3.05) is 32.6 Å². The van der Waals surface area contributed by atoms with Crippen molar-refractivity contribution in [2.24, 2.45) is 0 Å². The van der Waals surface area contributed by atoms with Crippen LogP contribution >= 0.6 is 0 Å². The molecule has 0 saturated carbocycles. The first-order valence-electron chi connectivity index (χ1n) is 11.6. The van der Waals surface area contributed by atoms with Gasteiger partial charge < -0.3 is 14.5 Å². The van der Waals surface area contributed by atoms with Crippen LogP contribution in [0.2, 0.25) is 0 Å². The number of amides is 1. The molecule has 1 fully saturated rings. The number of ether oxygens (including phenoxy) is 1. The number of hydrogen-bond donors (Lipinski definition) is 1. The number of benzene rings is 1. The van der Waals surface area contributed by atoms with E-state index in [4.69, 9.17) is 9.72 Å². The molecular formula is C25H30N6O2. The average molecular weight is 447 g/mol. The summed E-state index contributed by atoms with van der Waals surface area (Å²) >= 11 is 0. The second-order valence-electron chi connectivity index (χ2n) is 8.99. The van der Waals surface area contributed by atoms with Crippen LogP contribution in [-0.2, 0) is 12.8 Å². The summed E-state index contributed by atoms with van der Waals surface area (Å²) in [5.41, 5.74) is 5.58. The van der Waals surface area contributed by atoms with E-state index in [0.717, 1.165) is 72.4 Å². The maximum atomic E-state index is 13.7. The Morgan fingerprint density at radius 3 is 2.88 bits per heavy atom. The molecule has 1 atom stereocenters. The van der Waals surface area contributed by atoms with Crippen LogP contribution in [0.4, 0.5) is 5.95 Å². The third-order valence-corrected chi connectivity index (χ3v) is 6.67. The van der Waals surface area contributed by atoms with E-state index in [1.807, 2.05) is 54.4 Å². The van der Waals surface area contributed by atoms with E-state index in [1.54, 1.807) is 7.11 Å². The summed E-state index contributed by atoms with van der Waals surface area (Å²) < 4.78 is 5.44. The number of rotatable bonds is 5. The molecular weight excluding hydrogens is 416 g/mol. The Kier molecular flexibility index (Phi) is 5.74. The Labute approximate surface area is 194 Å². The van der Waals surface area contributed by atoms with Gasteiger partial charge in [-0.05, 0) is 56.2 Å². The summed E-state index contributed by atoms with van der Waals surface area (Å²) in [6, 6.07) is 7.78. The van der Waals surface area contributed by atoms with Crippen LogP contribution in [0.15, 0.2) is 30.5 Å². The van der Waals surface area contributed by atoms with E-state index in [9.17, 15) is 4.79 Å². The summed E-state index contributed by atoms with van der Waals surface area (Å²) in [4.78, 5) is 27.1. The van der Waals surface area contributed by atoms with Gasteiger partial charge in [0.1, 0.15) is 5.75 Å². The van der Waals surface area contributed by atoms with E-state index >= 15 is 0 Å². The molecule has 5 rings (SSSR count). The van der Waals surface area contributed by atoms with Crippen molar-refractivity contribution < 1.29 is 9.53 Å². The molecule has 33 heavy (non-hydrogen) atoms. The Morgan fingerprint density at radius 2 is 2.06 bits per heavy atom. The van der Waals surface area contributed by atoms with Gasteiger partial charge in [-0.25, -0.2) is 9.97 Å². The van der Waals surface area contributed by atoms with E-state index in [0.29, 0.717) is 18.2 Å². The summed E-state index contributed by atoms with van der Waals surface area (Å²) in [5.74, 6) is 1.41. The molecule has 1 saturated heterocycles. The van der Waals surface area contributed by atoms with E-state index in [-0.39, 0.29) is 11.9 Å². The summed E-state index contributed by atoms with van der Waals surface area (Å²) in [6.07, 6.45) is 7.79. The summed E-state index contributed by atoms with van der Waals surface area (Å²) in [5, 5.41) is 7.56. The molecule has 0 bridgehead atoms. The first-order chi connectivity index (χ1) is 16.1. The maximum absolute atomic E-state index is 13.7. The predicted octanol–water partition coefficient (Wildman–Crippen LogP) is 3.80. The Hall–Kier alpha value is -3.42. The molecule has 1 aromatic carbocycles. The molecule has 1 amide bonds. The molecule has 3 aromatic rings. The first kappa shape index (κ1) is 21.4. The molecule has 8 nitrogen and oxygen atoms in total. The smallest absolute Gasteiger partial charge is 0.275 e. The second kappa shape index (κ2) is 8.84. The van der Waals surface area contributed by atoms with Crippen LogP contribution in [0.3, 0.4) is 0 Å². The fraction of sp³-hybridized carbons (Fsp3) is 0.440. The van der Waals surface area contributed by atoms with Gasteiger partial charge in [0, 0.05) is 43.7 Å². The zero-order valence-corrected chi connectivity index (χ0v) is 19.5. The molecule has 0 unspecified atom stereocenters. The first-order valence-corrected chi connectivity index (χ1v) is 11.6. The number of carbonyl (C=O) groups is 1. The van der Waals surface area contributed by atoms with Crippen LogP contribution in [0.25, 0.3) is 11.1 Å². The Bertz CT molecular complexity index is 1170. The number of H-pyrrole nitrogens is 1. The monoisotopic (exact) mass is 446 g/mol. The quantitative estimate of drug-likeness (QED) is 0.642. The largest absolute Gasteiger partial charge is 0.497 e. The number of hydrogen-bond acceptors (Lipinski definition) is 6. The number of fused-ring (bicyclic) bond motifs is 1. The SMILES string of the molecule is COc1cccc(-c2cnc(N(C)C)nc2[C@@H]2CCCN2C(=O)c2n[nH]c3c2CCCC3)c1. The van der Waals surface area contributed by atoms with Crippen molar-refractivity contribution in [1.29, 1.82) is 0 Å².